The number of rotatable bonds is 5. The Morgan fingerprint density at radius 2 is 1.96 bits per heavy atom. The van der Waals surface area contributed by atoms with Crippen LogP contribution in [-0.2, 0) is 11.3 Å². The zero-order valence-corrected chi connectivity index (χ0v) is 15.4. The smallest absolute Gasteiger partial charge is 0.234 e. The van der Waals surface area contributed by atoms with E-state index in [0.717, 1.165) is 39.3 Å². The molecule has 0 saturated carbocycles. The number of carbonyl (C=O) groups is 1. The lowest BCUT2D eigenvalue weighted by atomic mass is 10.1. The molecular formula is C19H16FN3OS2. The van der Waals surface area contributed by atoms with Gasteiger partial charge in [0.1, 0.15) is 5.82 Å². The van der Waals surface area contributed by atoms with Gasteiger partial charge in [0.05, 0.1) is 11.4 Å². The first-order chi connectivity index (χ1) is 12.7. The first-order valence-corrected chi connectivity index (χ1v) is 10.1. The molecule has 0 atom stereocenters. The average Bonchev–Trinajstić information content (AvgIpc) is 3.24. The van der Waals surface area contributed by atoms with Gasteiger partial charge in [0, 0.05) is 34.6 Å². The fourth-order valence-electron chi connectivity index (χ4n) is 2.65. The van der Waals surface area contributed by atoms with E-state index in [0.29, 0.717) is 0 Å². The standard InChI is InChI=1S/C19H16FN3OS2/c20-14-3-7-16(8-4-14)26-12-18(24)21-15-5-1-13(2-6-15)17-11-23-9-10-25-19(23)22-17/h1-8,11H,9-10,12H2,(H,21,24). The maximum Gasteiger partial charge on any atom is 0.234 e. The van der Waals surface area contributed by atoms with E-state index in [1.54, 1.807) is 23.9 Å². The van der Waals surface area contributed by atoms with Gasteiger partial charge in [-0.25, -0.2) is 9.37 Å². The molecule has 0 aliphatic carbocycles. The topological polar surface area (TPSA) is 46.9 Å². The van der Waals surface area contributed by atoms with Gasteiger partial charge in [-0.2, -0.15) is 0 Å². The molecule has 0 unspecified atom stereocenters. The van der Waals surface area contributed by atoms with Crippen LogP contribution in [0.1, 0.15) is 0 Å². The average molecular weight is 385 g/mol. The predicted molar refractivity (Wildman–Crippen MR) is 104 cm³/mol. The maximum atomic E-state index is 12.9. The van der Waals surface area contributed by atoms with Crippen molar-refractivity contribution in [3.8, 4) is 11.3 Å². The van der Waals surface area contributed by atoms with Crippen molar-refractivity contribution < 1.29 is 9.18 Å². The number of thioether (sulfide) groups is 2. The van der Waals surface area contributed by atoms with E-state index in [4.69, 9.17) is 0 Å². The largest absolute Gasteiger partial charge is 0.325 e. The van der Waals surface area contributed by atoms with Crippen LogP contribution in [0.3, 0.4) is 0 Å². The van der Waals surface area contributed by atoms with Crippen LogP contribution in [0.5, 0.6) is 0 Å². The molecule has 132 valence electrons. The molecule has 7 heteroatoms. The molecular weight excluding hydrogens is 369 g/mol. The molecule has 1 amide bonds. The van der Waals surface area contributed by atoms with Gasteiger partial charge in [-0.15, -0.1) is 11.8 Å². The number of halogens is 1. The molecule has 2 heterocycles. The van der Waals surface area contributed by atoms with Crippen molar-refractivity contribution in [2.24, 2.45) is 0 Å². The quantitative estimate of drug-likeness (QED) is 0.656. The third-order valence-corrected chi connectivity index (χ3v) is 5.93. The van der Waals surface area contributed by atoms with E-state index in [9.17, 15) is 9.18 Å². The van der Waals surface area contributed by atoms with Gasteiger partial charge in [0.2, 0.25) is 5.91 Å². The summed E-state index contributed by atoms with van der Waals surface area (Å²) in [6, 6.07) is 13.8. The van der Waals surface area contributed by atoms with E-state index < -0.39 is 0 Å². The van der Waals surface area contributed by atoms with Crippen LogP contribution in [0, 0.1) is 5.82 Å². The van der Waals surface area contributed by atoms with Gasteiger partial charge in [0.25, 0.3) is 0 Å². The number of imidazole rings is 1. The van der Waals surface area contributed by atoms with Crippen molar-refractivity contribution in [3.05, 3.63) is 60.5 Å². The normalized spacial score (nSPS) is 12.8. The zero-order valence-electron chi connectivity index (χ0n) is 13.8. The summed E-state index contributed by atoms with van der Waals surface area (Å²) in [4.78, 5) is 17.6. The second-order valence-corrected chi connectivity index (χ2v) is 7.93. The number of anilines is 1. The number of carbonyl (C=O) groups excluding carboxylic acids is 1. The van der Waals surface area contributed by atoms with Gasteiger partial charge in [-0.1, -0.05) is 23.9 Å². The van der Waals surface area contributed by atoms with Crippen LogP contribution < -0.4 is 5.32 Å². The number of hydrogen-bond donors (Lipinski definition) is 1. The third-order valence-electron chi connectivity index (χ3n) is 3.95. The fourth-order valence-corrected chi connectivity index (χ4v) is 4.29. The lowest BCUT2D eigenvalue weighted by Gasteiger charge is -2.06. The molecule has 0 fully saturated rings. The Labute approximate surface area is 159 Å². The Hall–Kier alpha value is -2.25. The summed E-state index contributed by atoms with van der Waals surface area (Å²) in [6.45, 7) is 1.01. The fraction of sp³-hybridized carbons (Fsp3) is 0.158. The highest BCUT2D eigenvalue weighted by Crippen LogP contribution is 2.29. The van der Waals surface area contributed by atoms with Crippen LogP contribution in [0.2, 0.25) is 0 Å². The number of nitrogens with one attached hydrogen (secondary N) is 1. The zero-order chi connectivity index (χ0) is 17.9. The van der Waals surface area contributed by atoms with Crippen molar-refractivity contribution in [3.63, 3.8) is 0 Å². The van der Waals surface area contributed by atoms with Gasteiger partial charge < -0.3 is 9.88 Å². The second kappa shape index (κ2) is 7.55. The van der Waals surface area contributed by atoms with Crippen molar-refractivity contribution in [1.29, 1.82) is 0 Å². The van der Waals surface area contributed by atoms with Gasteiger partial charge in [-0.05, 0) is 36.4 Å². The number of amides is 1. The third kappa shape index (κ3) is 3.94. The number of fused-ring (bicyclic) bond motifs is 1. The summed E-state index contributed by atoms with van der Waals surface area (Å²) in [5.41, 5.74) is 2.74. The van der Waals surface area contributed by atoms with Gasteiger partial charge >= 0.3 is 0 Å². The van der Waals surface area contributed by atoms with Crippen LogP contribution in [0.4, 0.5) is 10.1 Å². The Balaban J connectivity index is 1.34. The van der Waals surface area contributed by atoms with E-state index in [1.165, 1.54) is 23.9 Å². The molecule has 1 aromatic heterocycles. The summed E-state index contributed by atoms with van der Waals surface area (Å²) in [6.07, 6.45) is 2.07. The van der Waals surface area contributed by atoms with E-state index in [1.807, 2.05) is 24.3 Å². The van der Waals surface area contributed by atoms with Crippen LogP contribution in [-0.4, -0.2) is 27.0 Å². The summed E-state index contributed by atoms with van der Waals surface area (Å²) < 4.78 is 15.0. The first-order valence-electron chi connectivity index (χ1n) is 8.16. The Kier molecular flexibility index (Phi) is 4.99. The highest BCUT2D eigenvalue weighted by molar-refractivity contribution is 8.00. The second-order valence-electron chi connectivity index (χ2n) is 5.82. The van der Waals surface area contributed by atoms with Gasteiger partial charge in [0.15, 0.2) is 5.16 Å². The van der Waals surface area contributed by atoms with Crippen molar-refractivity contribution in [2.75, 3.05) is 16.8 Å². The Morgan fingerprint density at radius 1 is 1.19 bits per heavy atom. The number of aromatic nitrogens is 2. The predicted octanol–water partition coefficient (Wildman–Crippen LogP) is 4.53. The Bertz CT molecular complexity index is 901. The molecule has 3 aromatic rings. The molecule has 0 spiro atoms. The number of nitrogens with zero attached hydrogens (tertiary/aromatic N) is 2. The molecule has 0 saturated heterocycles. The van der Waals surface area contributed by atoms with Crippen LogP contribution in [0.15, 0.2) is 64.8 Å². The lowest BCUT2D eigenvalue weighted by Crippen LogP contribution is -2.13. The van der Waals surface area contributed by atoms with Crippen molar-refractivity contribution in [2.45, 2.75) is 16.6 Å². The summed E-state index contributed by atoms with van der Waals surface area (Å²) in [5, 5.41) is 3.94. The van der Waals surface area contributed by atoms with E-state index >= 15 is 0 Å². The number of hydrogen-bond acceptors (Lipinski definition) is 4. The number of benzene rings is 2. The minimum absolute atomic E-state index is 0.0931. The first kappa shape index (κ1) is 17.2. The molecule has 0 radical (unpaired) electrons. The molecule has 26 heavy (non-hydrogen) atoms. The monoisotopic (exact) mass is 385 g/mol. The van der Waals surface area contributed by atoms with Crippen molar-refractivity contribution in [1.82, 2.24) is 9.55 Å². The minimum atomic E-state index is -0.277. The lowest BCUT2D eigenvalue weighted by molar-refractivity contribution is -0.113. The van der Waals surface area contributed by atoms with Gasteiger partial charge in [-0.3, -0.25) is 4.79 Å². The number of aryl methyl sites for hydroxylation is 1. The SMILES string of the molecule is O=C(CSc1ccc(F)cc1)Nc1ccc(-c2cn3c(n2)SCC3)cc1. The molecule has 1 aliphatic heterocycles. The molecule has 4 rings (SSSR count). The highest BCUT2D eigenvalue weighted by Gasteiger charge is 2.15. The molecule has 2 aromatic carbocycles. The maximum absolute atomic E-state index is 12.9. The summed E-state index contributed by atoms with van der Waals surface area (Å²) in [7, 11) is 0. The highest BCUT2D eigenvalue weighted by atomic mass is 32.2. The summed E-state index contributed by atoms with van der Waals surface area (Å²) in [5.74, 6) is 0.992. The molecule has 1 N–H and O–H groups in total. The Morgan fingerprint density at radius 3 is 2.69 bits per heavy atom. The molecule has 4 nitrogen and oxygen atoms in total. The van der Waals surface area contributed by atoms with E-state index in [2.05, 4.69) is 21.1 Å². The van der Waals surface area contributed by atoms with Crippen LogP contribution >= 0.6 is 23.5 Å². The van der Waals surface area contributed by atoms with Crippen molar-refractivity contribution >= 4 is 35.1 Å². The van der Waals surface area contributed by atoms with Crippen LogP contribution in [0.25, 0.3) is 11.3 Å². The van der Waals surface area contributed by atoms with E-state index in [-0.39, 0.29) is 17.5 Å². The molecule has 0 bridgehead atoms. The minimum Gasteiger partial charge on any atom is -0.325 e. The summed E-state index contributed by atoms with van der Waals surface area (Å²) >= 11 is 3.15. The molecule has 1 aliphatic rings.